The zero-order valence-electron chi connectivity index (χ0n) is 10.6. The minimum atomic E-state index is -1.04. The van der Waals surface area contributed by atoms with Gasteiger partial charge in [-0.25, -0.2) is 0 Å². The summed E-state index contributed by atoms with van der Waals surface area (Å²) in [4.78, 5) is 34.3. The van der Waals surface area contributed by atoms with Crippen LogP contribution in [0.5, 0.6) is 0 Å². The van der Waals surface area contributed by atoms with Crippen LogP contribution >= 0.6 is 0 Å². The van der Waals surface area contributed by atoms with Gasteiger partial charge < -0.3 is 14.2 Å². The van der Waals surface area contributed by atoms with E-state index >= 15 is 0 Å². The van der Waals surface area contributed by atoms with Crippen molar-refractivity contribution in [1.82, 2.24) is 0 Å². The van der Waals surface area contributed by atoms with Crippen LogP contribution in [0, 0.1) is 0 Å². The van der Waals surface area contributed by atoms with Crippen molar-refractivity contribution in [3.05, 3.63) is 11.5 Å². The van der Waals surface area contributed by atoms with Crippen LogP contribution in [0.1, 0.15) is 33.6 Å². The first-order valence-corrected chi connectivity index (χ1v) is 5.77. The normalized spacial score (nSPS) is 19.3. The molecule has 1 atom stereocenters. The summed E-state index contributed by atoms with van der Waals surface area (Å²) in [6.07, 6.45) is -0.735. The fraction of sp³-hybridized carbons (Fsp3) is 0.583. The summed E-state index contributed by atoms with van der Waals surface area (Å²) in [6, 6.07) is 0. The summed E-state index contributed by atoms with van der Waals surface area (Å²) in [5, 5.41) is 0. The number of carbonyl (C=O) groups is 3. The Morgan fingerprint density at radius 1 is 1.28 bits per heavy atom. The lowest BCUT2D eigenvalue weighted by Crippen LogP contribution is -2.37. The minimum absolute atomic E-state index is 0.0520. The topological polar surface area (TPSA) is 78.9 Å². The van der Waals surface area contributed by atoms with Crippen molar-refractivity contribution >= 4 is 17.7 Å². The molecular weight excluding hydrogens is 240 g/mol. The zero-order valence-corrected chi connectivity index (χ0v) is 10.6. The van der Waals surface area contributed by atoms with E-state index in [4.69, 9.17) is 14.2 Å². The molecule has 0 radical (unpaired) electrons. The number of hydrogen-bond donors (Lipinski definition) is 0. The van der Waals surface area contributed by atoms with Gasteiger partial charge in [0.15, 0.2) is 0 Å². The number of ketones is 1. The molecule has 0 fully saturated rings. The smallest absolute Gasteiger partial charge is 0.311 e. The van der Waals surface area contributed by atoms with Crippen LogP contribution < -0.4 is 0 Å². The molecule has 18 heavy (non-hydrogen) atoms. The van der Waals surface area contributed by atoms with Crippen LogP contribution in [0.2, 0.25) is 0 Å². The Bertz CT molecular complexity index is 395. The van der Waals surface area contributed by atoms with E-state index in [-0.39, 0.29) is 31.0 Å². The van der Waals surface area contributed by atoms with Gasteiger partial charge in [0, 0.05) is 12.8 Å². The van der Waals surface area contributed by atoms with Gasteiger partial charge in [0.05, 0.1) is 0 Å². The van der Waals surface area contributed by atoms with Crippen molar-refractivity contribution in [2.75, 3.05) is 6.61 Å². The van der Waals surface area contributed by atoms with E-state index in [1.54, 1.807) is 13.8 Å². The predicted molar refractivity (Wildman–Crippen MR) is 60.2 cm³/mol. The van der Waals surface area contributed by atoms with E-state index in [0.29, 0.717) is 0 Å². The van der Waals surface area contributed by atoms with Crippen molar-refractivity contribution in [1.29, 1.82) is 0 Å². The Hall–Kier alpha value is -1.85. The van der Waals surface area contributed by atoms with Gasteiger partial charge in [-0.05, 0) is 6.92 Å². The van der Waals surface area contributed by atoms with Gasteiger partial charge >= 0.3 is 11.9 Å². The molecule has 1 aliphatic heterocycles. The van der Waals surface area contributed by atoms with Crippen LogP contribution in [-0.2, 0) is 28.6 Å². The lowest BCUT2D eigenvalue weighted by Gasteiger charge is -2.24. The maximum atomic E-state index is 11.9. The molecule has 6 heteroatoms. The molecule has 100 valence electrons. The molecule has 1 aliphatic rings. The summed E-state index contributed by atoms with van der Waals surface area (Å²) < 4.78 is 15.0. The Balaban J connectivity index is 2.79. The van der Waals surface area contributed by atoms with Crippen LogP contribution in [0.4, 0.5) is 0 Å². The SMILES string of the molecule is CCC(=O)OC1=C(C)OCC(OC(=O)CC)C1=O. The number of carbonyl (C=O) groups excluding carboxylic acids is 3. The summed E-state index contributed by atoms with van der Waals surface area (Å²) >= 11 is 0. The fourth-order valence-electron chi connectivity index (χ4n) is 1.30. The molecule has 1 unspecified atom stereocenters. The highest BCUT2D eigenvalue weighted by molar-refractivity contribution is 6.00. The highest BCUT2D eigenvalue weighted by Crippen LogP contribution is 2.20. The van der Waals surface area contributed by atoms with Gasteiger partial charge in [0.25, 0.3) is 0 Å². The maximum Gasteiger partial charge on any atom is 0.311 e. The molecule has 0 aromatic rings. The van der Waals surface area contributed by atoms with Gasteiger partial charge in [-0.1, -0.05) is 13.8 Å². The van der Waals surface area contributed by atoms with Crippen LogP contribution in [0.25, 0.3) is 0 Å². The third-order valence-electron chi connectivity index (χ3n) is 2.35. The van der Waals surface area contributed by atoms with E-state index in [1.165, 1.54) is 6.92 Å². The van der Waals surface area contributed by atoms with Gasteiger partial charge in [-0.2, -0.15) is 0 Å². The molecule has 1 rings (SSSR count). The quantitative estimate of drug-likeness (QED) is 0.700. The second-order valence-electron chi connectivity index (χ2n) is 3.72. The molecule has 1 heterocycles. The van der Waals surface area contributed by atoms with Gasteiger partial charge in [-0.3, -0.25) is 14.4 Å². The van der Waals surface area contributed by atoms with Crippen molar-refractivity contribution < 1.29 is 28.6 Å². The van der Waals surface area contributed by atoms with Gasteiger partial charge in [0.1, 0.15) is 12.4 Å². The van der Waals surface area contributed by atoms with Crippen LogP contribution in [0.3, 0.4) is 0 Å². The number of ether oxygens (including phenoxy) is 3. The summed E-state index contributed by atoms with van der Waals surface area (Å²) in [6.45, 7) is 4.70. The standard InChI is InChI=1S/C12H16O6/c1-4-9(13)17-8-6-16-7(3)12(11(8)15)18-10(14)5-2/h8H,4-6H2,1-3H3. The molecule has 6 nitrogen and oxygen atoms in total. The summed E-state index contributed by atoms with van der Waals surface area (Å²) in [5.41, 5.74) is 0. The molecule has 0 N–H and O–H groups in total. The Kier molecular flexibility index (Phi) is 4.88. The van der Waals surface area contributed by atoms with Gasteiger partial charge in [-0.15, -0.1) is 0 Å². The summed E-state index contributed by atoms with van der Waals surface area (Å²) in [7, 11) is 0. The van der Waals surface area contributed by atoms with Crippen LogP contribution in [-0.4, -0.2) is 30.4 Å². The number of Topliss-reactive ketones (excluding diaryl/α,β-unsaturated/α-hetero) is 1. The molecule has 0 aromatic heterocycles. The molecule has 0 amide bonds. The first kappa shape index (κ1) is 14.2. The fourth-order valence-corrected chi connectivity index (χ4v) is 1.30. The Morgan fingerprint density at radius 2 is 1.89 bits per heavy atom. The lowest BCUT2D eigenvalue weighted by atomic mass is 10.1. The van der Waals surface area contributed by atoms with Crippen molar-refractivity contribution in [3.8, 4) is 0 Å². The average molecular weight is 256 g/mol. The highest BCUT2D eigenvalue weighted by Gasteiger charge is 2.34. The Morgan fingerprint density at radius 3 is 2.44 bits per heavy atom. The summed E-state index contributed by atoms with van der Waals surface area (Å²) in [5.74, 6) is -1.53. The first-order valence-electron chi connectivity index (χ1n) is 5.77. The molecule has 0 saturated carbocycles. The van der Waals surface area contributed by atoms with E-state index in [2.05, 4.69) is 0 Å². The molecule has 0 saturated heterocycles. The monoisotopic (exact) mass is 256 g/mol. The third-order valence-corrected chi connectivity index (χ3v) is 2.35. The molecular formula is C12H16O6. The maximum absolute atomic E-state index is 11.9. The molecule has 0 aromatic carbocycles. The molecule has 0 aliphatic carbocycles. The number of rotatable bonds is 4. The second-order valence-corrected chi connectivity index (χ2v) is 3.72. The van der Waals surface area contributed by atoms with Crippen molar-refractivity contribution in [2.45, 2.75) is 39.7 Å². The third kappa shape index (κ3) is 3.32. The van der Waals surface area contributed by atoms with Crippen LogP contribution in [0.15, 0.2) is 11.5 Å². The minimum Gasteiger partial charge on any atom is -0.490 e. The zero-order chi connectivity index (χ0) is 13.7. The highest BCUT2D eigenvalue weighted by atomic mass is 16.6. The van der Waals surface area contributed by atoms with E-state index in [0.717, 1.165) is 0 Å². The largest absolute Gasteiger partial charge is 0.490 e. The number of hydrogen-bond acceptors (Lipinski definition) is 6. The lowest BCUT2D eigenvalue weighted by molar-refractivity contribution is -0.161. The first-order chi connectivity index (χ1) is 8.49. The van der Waals surface area contributed by atoms with Crippen molar-refractivity contribution in [2.24, 2.45) is 0 Å². The second kappa shape index (κ2) is 6.18. The van der Waals surface area contributed by atoms with E-state index in [9.17, 15) is 14.4 Å². The predicted octanol–water partition coefficient (Wildman–Crippen LogP) is 1.09. The van der Waals surface area contributed by atoms with Gasteiger partial charge in [0.2, 0.25) is 17.6 Å². The molecule has 0 spiro atoms. The number of esters is 2. The van der Waals surface area contributed by atoms with E-state index < -0.39 is 23.8 Å². The van der Waals surface area contributed by atoms with Crippen molar-refractivity contribution in [3.63, 3.8) is 0 Å². The Labute approximate surface area is 105 Å². The van der Waals surface area contributed by atoms with E-state index in [1.807, 2.05) is 0 Å². The number of allylic oxidation sites excluding steroid dienone is 1. The average Bonchev–Trinajstić information content (AvgIpc) is 2.37. The molecule has 0 bridgehead atoms.